The predicted octanol–water partition coefficient (Wildman–Crippen LogP) is 6.71. The number of para-hydroxylation sites is 2. The van der Waals surface area contributed by atoms with Crippen LogP contribution in [-0.4, -0.2) is 22.1 Å². The molecule has 4 aromatic rings. The summed E-state index contributed by atoms with van der Waals surface area (Å²) in [6.45, 7) is 9.79. The Bertz CT molecular complexity index is 1340. The largest absolute Gasteiger partial charge is 0.494 e. The number of ether oxygens (including phenoxy) is 1. The molecule has 0 unspecified atom stereocenters. The van der Waals surface area contributed by atoms with Crippen LogP contribution in [0.4, 0.5) is 0 Å². The summed E-state index contributed by atoms with van der Waals surface area (Å²) >= 11 is 6.26. The zero-order valence-electron chi connectivity index (χ0n) is 20.8. The standard InChI is InChI=1S/C29H32ClN3O2/c1-19-11-12-24(20(2)15-19)29(34)31-18-27-32-25-9-5-6-10-26(25)33(27)13-7-8-14-35-23-16-21(3)28(30)22(4)17-23/h5-6,9-12,15-17H,7-8,13-14,18H2,1-4H3,(H,31,34). The Morgan fingerprint density at radius 2 is 1.71 bits per heavy atom. The summed E-state index contributed by atoms with van der Waals surface area (Å²) in [6, 6.07) is 17.9. The molecule has 182 valence electrons. The molecule has 1 heterocycles. The van der Waals surface area contributed by atoms with Gasteiger partial charge in [-0.2, -0.15) is 0 Å². The van der Waals surface area contributed by atoms with Gasteiger partial charge in [-0.25, -0.2) is 4.98 Å². The summed E-state index contributed by atoms with van der Waals surface area (Å²) in [5.74, 6) is 1.63. The highest BCUT2D eigenvalue weighted by molar-refractivity contribution is 6.32. The topological polar surface area (TPSA) is 56.2 Å². The minimum Gasteiger partial charge on any atom is -0.494 e. The van der Waals surface area contributed by atoms with Crippen molar-refractivity contribution < 1.29 is 9.53 Å². The number of unbranched alkanes of at least 4 members (excludes halogenated alkanes) is 1. The van der Waals surface area contributed by atoms with E-state index in [0.717, 1.165) is 69.3 Å². The van der Waals surface area contributed by atoms with E-state index < -0.39 is 0 Å². The van der Waals surface area contributed by atoms with Gasteiger partial charge in [-0.3, -0.25) is 4.79 Å². The van der Waals surface area contributed by atoms with Crippen LogP contribution in [0.2, 0.25) is 5.02 Å². The molecule has 0 saturated carbocycles. The van der Waals surface area contributed by atoms with E-state index in [1.165, 1.54) is 0 Å². The summed E-state index contributed by atoms with van der Waals surface area (Å²) in [5, 5.41) is 3.85. The monoisotopic (exact) mass is 489 g/mol. The molecule has 0 atom stereocenters. The zero-order valence-corrected chi connectivity index (χ0v) is 21.6. The fourth-order valence-electron chi connectivity index (χ4n) is 4.38. The first-order chi connectivity index (χ1) is 16.8. The highest BCUT2D eigenvalue weighted by atomic mass is 35.5. The molecule has 5 nitrogen and oxygen atoms in total. The van der Waals surface area contributed by atoms with Gasteiger partial charge in [0, 0.05) is 17.1 Å². The average Bonchev–Trinajstić information content (AvgIpc) is 3.18. The van der Waals surface area contributed by atoms with E-state index in [1.54, 1.807) is 0 Å². The summed E-state index contributed by atoms with van der Waals surface area (Å²) in [4.78, 5) is 17.6. The lowest BCUT2D eigenvalue weighted by Gasteiger charge is -2.12. The van der Waals surface area contributed by atoms with E-state index in [1.807, 2.05) is 76.2 Å². The molecule has 0 bridgehead atoms. The second-order valence-corrected chi connectivity index (χ2v) is 9.47. The summed E-state index contributed by atoms with van der Waals surface area (Å²) in [6.07, 6.45) is 1.84. The molecule has 6 heteroatoms. The first-order valence-corrected chi connectivity index (χ1v) is 12.4. The third-order valence-electron chi connectivity index (χ3n) is 6.22. The van der Waals surface area contributed by atoms with Crippen molar-refractivity contribution in [1.29, 1.82) is 0 Å². The van der Waals surface area contributed by atoms with Crippen LogP contribution in [0.1, 0.15) is 51.3 Å². The van der Waals surface area contributed by atoms with Crippen LogP contribution in [0.3, 0.4) is 0 Å². The van der Waals surface area contributed by atoms with Gasteiger partial charge in [0.15, 0.2) is 0 Å². The van der Waals surface area contributed by atoms with E-state index in [0.29, 0.717) is 18.7 Å². The first kappa shape index (κ1) is 24.8. The van der Waals surface area contributed by atoms with Gasteiger partial charge >= 0.3 is 0 Å². The van der Waals surface area contributed by atoms with Gasteiger partial charge in [-0.15, -0.1) is 0 Å². The van der Waals surface area contributed by atoms with Gasteiger partial charge in [-0.05, 0) is 87.6 Å². The molecule has 0 radical (unpaired) electrons. The molecule has 1 amide bonds. The van der Waals surface area contributed by atoms with Gasteiger partial charge in [0.1, 0.15) is 11.6 Å². The lowest BCUT2D eigenvalue weighted by molar-refractivity contribution is 0.0949. The number of carbonyl (C=O) groups is 1. The van der Waals surface area contributed by atoms with Gasteiger partial charge in [0.2, 0.25) is 0 Å². The van der Waals surface area contributed by atoms with Gasteiger partial charge in [0.25, 0.3) is 5.91 Å². The van der Waals surface area contributed by atoms with Crippen molar-refractivity contribution in [3.63, 3.8) is 0 Å². The Labute approximate surface area is 212 Å². The number of nitrogens with zero attached hydrogens (tertiary/aromatic N) is 2. The van der Waals surface area contributed by atoms with Gasteiger partial charge < -0.3 is 14.6 Å². The fraction of sp³-hybridized carbons (Fsp3) is 0.310. The Hall–Kier alpha value is -3.31. The second kappa shape index (κ2) is 11.0. The van der Waals surface area contributed by atoms with Crippen LogP contribution in [0.25, 0.3) is 11.0 Å². The molecule has 1 aromatic heterocycles. The number of benzene rings is 3. The van der Waals surface area contributed by atoms with E-state index in [-0.39, 0.29) is 5.91 Å². The number of nitrogens with one attached hydrogen (secondary N) is 1. The molecule has 0 saturated heterocycles. The fourth-order valence-corrected chi connectivity index (χ4v) is 4.49. The lowest BCUT2D eigenvalue weighted by atomic mass is 10.1. The number of hydrogen-bond acceptors (Lipinski definition) is 3. The molecule has 35 heavy (non-hydrogen) atoms. The predicted molar refractivity (Wildman–Crippen MR) is 142 cm³/mol. The minimum absolute atomic E-state index is 0.0805. The normalized spacial score (nSPS) is 11.1. The van der Waals surface area contributed by atoms with Crippen molar-refractivity contribution in [2.45, 2.75) is 53.6 Å². The summed E-state index contributed by atoms with van der Waals surface area (Å²) in [7, 11) is 0. The third kappa shape index (κ3) is 5.85. The third-order valence-corrected chi connectivity index (χ3v) is 6.82. The molecular formula is C29H32ClN3O2. The smallest absolute Gasteiger partial charge is 0.251 e. The minimum atomic E-state index is -0.0805. The highest BCUT2D eigenvalue weighted by Gasteiger charge is 2.14. The Morgan fingerprint density at radius 3 is 2.46 bits per heavy atom. The first-order valence-electron chi connectivity index (χ1n) is 12.0. The number of aromatic nitrogens is 2. The van der Waals surface area contributed by atoms with E-state index in [9.17, 15) is 4.79 Å². The van der Waals surface area contributed by atoms with Crippen molar-refractivity contribution >= 4 is 28.5 Å². The number of hydrogen-bond donors (Lipinski definition) is 1. The zero-order chi connectivity index (χ0) is 24.9. The summed E-state index contributed by atoms with van der Waals surface area (Å²) < 4.78 is 8.17. The number of halogens is 1. The maximum atomic E-state index is 12.8. The molecule has 4 rings (SSSR count). The number of imidazole rings is 1. The van der Waals surface area contributed by atoms with Crippen molar-refractivity contribution in [2.24, 2.45) is 0 Å². The van der Waals surface area contributed by atoms with Crippen LogP contribution in [-0.2, 0) is 13.1 Å². The number of amides is 1. The summed E-state index contributed by atoms with van der Waals surface area (Å²) in [5.41, 5.74) is 6.88. The van der Waals surface area contributed by atoms with Crippen LogP contribution in [0.5, 0.6) is 5.75 Å². The van der Waals surface area contributed by atoms with Crippen LogP contribution in [0, 0.1) is 27.7 Å². The maximum Gasteiger partial charge on any atom is 0.251 e. The SMILES string of the molecule is Cc1ccc(C(=O)NCc2nc3ccccc3n2CCCCOc2cc(C)c(Cl)c(C)c2)c(C)c1. The van der Waals surface area contributed by atoms with E-state index >= 15 is 0 Å². The van der Waals surface area contributed by atoms with Gasteiger partial charge in [-0.1, -0.05) is 41.4 Å². The molecule has 1 N–H and O–H groups in total. The molecule has 0 aliphatic heterocycles. The Morgan fingerprint density at radius 1 is 0.971 bits per heavy atom. The van der Waals surface area contributed by atoms with Crippen LogP contribution < -0.4 is 10.1 Å². The van der Waals surface area contributed by atoms with Crippen molar-refractivity contribution in [3.05, 3.63) is 93.3 Å². The highest BCUT2D eigenvalue weighted by Crippen LogP contribution is 2.26. The molecule has 3 aromatic carbocycles. The Balaban J connectivity index is 1.39. The second-order valence-electron chi connectivity index (χ2n) is 9.10. The van der Waals surface area contributed by atoms with Crippen molar-refractivity contribution in [1.82, 2.24) is 14.9 Å². The molecule has 0 spiro atoms. The lowest BCUT2D eigenvalue weighted by Crippen LogP contribution is -2.25. The number of carbonyl (C=O) groups excluding carboxylic acids is 1. The number of rotatable bonds is 9. The quantitative estimate of drug-likeness (QED) is 0.266. The van der Waals surface area contributed by atoms with E-state index in [2.05, 4.69) is 16.0 Å². The number of aryl methyl sites for hydroxylation is 5. The van der Waals surface area contributed by atoms with Crippen LogP contribution >= 0.6 is 11.6 Å². The molecule has 0 aliphatic rings. The average molecular weight is 490 g/mol. The molecular weight excluding hydrogens is 458 g/mol. The van der Waals surface area contributed by atoms with Crippen molar-refractivity contribution in [3.8, 4) is 5.75 Å². The van der Waals surface area contributed by atoms with Gasteiger partial charge in [0.05, 0.1) is 24.2 Å². The molecule has 0 aliphatic carbocycles. The maximum absolute atomic E-state index is 12.8. The van der Waals surface area contributed by atoms with Crippen molar-refractivity contribution in [2.75, 3.05) is 6.61 Å². The number of fused-ring (bicyclic) bond motifs is 1. The van der Waals surface area contributed by atoms with E-state index in [4.69, 9.17) is 21.3 Å². The Kier molecular flexibility index (Phi) is 7.76. The molecule has 0 fully saturated rings. The van der Waals surface area contributed by atoms with Crippen LogP contribution in [0.15, 0.2) is 54.6 Å².